The number of amides is 1. The Morgan fingerprint density at radius 1 is 1.63 bits per heavy atom. The highest BCUT2D eigenvalue weighted by atomic mass is 35.5. The predicted octanol–water partition coefficient (Wildman–Crippen LogP) is 2.52. The lowest BCUT2D eigenvalue weighted by atomic mass is 10.0. The van der Waals surface area contributed by atoms with Crippen LogP contribution in [-0.4, -0.2) is 28.1 Å². The minimum atomic E-state index is -1.35. The van der Waals surface area contributed by atoms with E-state index in [1.54, 1.807) is 13.0 Å². The molecule has 2 atom stereocenters. The average Bonchev–Trinajstić information content (AvgIpc) is 2.77. The number of carbonyl (C=O) groups excluding carboxylic acids is 1. The highest BCUT2D eigenvalue weighted by Gasteiger charge is 2.40. The van der Waals surface area contributed by atoms with Crippen molar-refractivity contribution in [2.75, 3.05) is 11.5 Å². The van der Waals surface area contributed by atoms with Gasteiger partial charge >= 0.3 is 0 Å². The second-order valence-electron chi connectivity index (χ2n) is 4.66. The van der Waals surface area contributed by atoms with Crippen LogP contribution in [0.3, 0.4) is 0 Å². The first-order valence-electron chi connectivity index (χ1n) is 5.99. The molecule has 1 amide bonds. The number of aliphatic hydroxyl groups is 1. The van der Waals surface area contributed by atoms with Crippen LogP contribution in [0, 0.1) is 5.82 Å². The van der Waals surface area contributed by atoms with E-state index in [9.17, 15) is 14.3 Å². The summed E-state index contributed by atoms with van der Waals surface area (Å²) in [6.45, 7) is 1.65. The number of hydrogen-bond acceptors (Lipinski definition) is 3. The van der Waals surface area contributed by atoms with E-state index in [0.717, 1.165) is 5.75 Å². The maximum absolute atomic E-state index is 13.7. The second kappa shape index (κ2) is 5.69. The standard InChI is InChI=1S/C13H15ClFNO2S/c1-8(11-9(14)3-2-4-10(11)15)16-12(17)13(18)5-6-19-7-13/h2-4,8,18H,5-7H2,1H3,(H,16,17). The third-order valence-electron chi connectivity index (χ3n) is 3.20. The van der Waals surface area contributed by atoms with Gasteiger partial charge in [-0.05, 0) is 31.2 Å². The lowest BCUT2D eigenvalue weighted by Gasteiger charge is -2.24. The molecular formula is C13H15ClFNO2S. The zero-order valence-electron chi connectivity index (χ0n) is 10.5. The zero-order chi connectivity index (χ0) is 14.0. The molecule has 1 heterocycles. The molecule has 1 aromatic carbocycles. The number of benzene rings is 1. The third kappa shape index (κ3) is 3.04. The molecule has 2 N–H and O–H groups in total. The summed E-state index contributed by atoms with van der Waals surface area (Å²) < 4.78 is 13.7. The first kappa shape index (κ1) is 14.6. The van der Waals surface area contributed by atoms with Gasteiger partial charge in [0.05, 0.1) is 6.04 Å². The molecule has 1 fully saturated rings. The summed E-state index contributed by atoms with van der Waals surface area (Å²) in [6, 6.07) is 3.79. The molecule has 0 aliphatic carbocycles. The summed E-state index contributed by atoms with van der Waals surface area (Å²) in [4.78, 5) is 12.0. The van der Waals surface area contributed by atoms with Gasteiger partial charge in [-0.2, -0.15) is 11.8 Å². The van der Waals surface area contributed by atoms with E-state index >= 15 is 0 Å². The number of nitrogens with one attached hydrogen (secondary N) is 1. The summed E-state index contributed by atoms with van der Waals surface area (Å²) in [6.07, 6.45) is 0.418. The molecule has 0 aromatic heterocycles. The predicted molar refractivity (Wildman–Crippen MR) is 74.9 cm³/mol. The Bertz CT molecular complexity index is 471. The van der Waals surface area contributed by atoms with Gasteiger partial charge in [-0.15, -0.1) is 0 Å². The zero-order valence-corrected chi connectivity index (χ0v) is 12.0. The van der Waals surface area contributed by atoms with Crippen molar-refractivity contribution >= 4 is 29.3 Å². The summed E-state index contributed by atoms with van der Waals surface area (Å²) >= 11 is 7.47. The van der Waals surface area contributed by atoms with Gasteiger partial charge in [0.25, 0.3) is 5.91 Å². The molecular weight excluding hydrogens is 289 g/mol. The molecule has 2 unspecified atom stereocenters. The first-order valence-corrected chi connectivity index (χ1v) is 7.52. The van der Waals surface area contributed by atoms with Crippen LogP contribution in [0.15, 0.2) is 18.2 Å². The van der Waals surface area contributed by atoms with Crippen LogP contribution in [0.1, 0.15) is 24.9 Å². The Labute approximate surface area is 120 Å². The van der Waals surface area contributed by atoms with E-state index in [1.807, 2.05) is 0 Å². The van der Waals surface area contributed by atoms with E-state index in [1.165, 1.54) is 23.9 Å². The maximum atomic E-state index is 13.7. The molecule has 19 heavy (non-hydrogen) atoms. The van der Waals surface area contributed by atoms with Crippen molar-refractivity contribution in [3.63, 3.8) is 0 Å². The molecule has 1 aliphatic rings. The van der Waals surface area contributed by atoms with E-state index < -0.39 is 23.4 Å². The molecule has 6 heteroatoms. The molecule has 0 bridgehead atoms. The molecule has 2 rings (SSSR count). The largest absolute Gasteiger partial charge is 0.379 e. The molecule has 1 saturated heterocycles. The monoisotopic (exact) mass is 303 g/mol. The van der Waals surface area contributed by atoms with Gasteiger partial charge in [-0.3, -0.25) is 4.79 Å². The van der Waals surface area contributed by atoms with Crippen LogP contribution < -0.4 is 5.32 Å². The van der Waals surface area contributed by atoms with Crippen molar-refractivity contribution in [2.24, 2.45) is 0 Å². The SMILES string of the molecule is CC(NC(=O)C1(O)CCSC1)c1c(F)cccc1Cl. The highest BCUT2D eigenvalue weighted by Crippen LogP contribution is 2.30. The topological polar surface area (TPSA) is 49.3 Å². The fourth-order valence-electron chi connectivity index (χ4n) is 2.06. The number of carbonyl (C=O) groups is 1. The van der Waals surface area contributed by atoms with Crippen LogP contribution in [0.5, 0.6) is 0 Å². The fourth-order valence-corrected chi connectivity index (χ4v) is 3.63. The van der Waals surface area contributed by atoms with Gasteiger partial charge < -0.3 is 10.4 Å². The van der Waals surface area contributed by atoms with Crippen LogP contribution in [-0.2, 0) is 4.79 Å². The summed E-state index contributed by atoms with van der Waals surface area (Å²) in [5, 5.41) is 13.0. The Balaban J connectivity index is 2.13. The maximum Gasteiger partial charge on any atom is 0.253 e. The number of thioether (sulfide) groups is 1. The molecule has 0 spiro atoms. The van der Waals surface area contributed by atoms with Gasteiger partial charge in [0, 0.05) is 16.3 Å². The van der Waals surface area contributed by atoms with Crippen molar-refractivity contribution in [3.8, 4) is 0 Å². The number of hydrogen-bond donors (Lipinski definition) is 2. The lowest BCUT2D eigenvalue weighted by Crippen LogP contribution is -2.47. The number of halogens is 2. The summed E-state index contributed by atoms with van der Waals surface area (Å²) in [7, 11) is 0. The first-order chi connectivity index (χ1) is 8.94. The molecule has 0 saturated carbocycles. The molecule has 1 aliphatic heterocycles. The van der Waals surface area contributed by atoms with Gasteiger partial charge in [-0.25, -0.2) is 4.39 Å². The van der Waals surface area contributed by atoms with E-state index in [0.29, 0.717) is 12.2 Å². The van der Waals surface area contributed by atoms with Crippen molar-refractivity contribution < 1.29 is 14.3 Å². The van der Waals surface area contributed by atoms with Gasteiger partial charge in [-0.1, -0.05) is 17.7 Å². The van der Waals surface area contributed by atoms with Crippen LogP contribution >= 0.6 is 23.4 Å². The fraction of sp³-hybridized carbons (Fsp3) is 0.462. The minimum Gasteiger partial charge on any atom is -0.379 e. The van der Waals surface area contributed by atoms with E-state index in [4.69, 9.17) is 11.6 Å². The van der Waals surface area contributed by atoms with Crippen molar-refractivity contribution in [2.45, 2.75) is 25.0 Å². The van der Waals surface area contributed by atoms with Crippen LogP contribution in [0.2, 0.25) is 5.02 Å². The Kier molecular flexibility index (Phi) is 4.38. The Morgan fingerprint density at radius 3 is 2.95 bits per heavy atom. The van der Waals surface area contributed by atoms with E-state index in [-0.39, 0.29) is 10.6 Å². The summed E-state index contributed by atoms with van der Waals surface area (Å²) in [5.41, 5.74) is -1.11. The summed E-state index contributed by atoms with van der Waals surface area (Å²) in [5.74, 6) is 0.187. The third-order valence-corrected chi connectivity index (χ3v) is 4.71. The highest BCUT2D eigenvalue weighted by molar-refractivity contribution is 7.99. The Hall–Kier alpha value is -0.780. The normalized spacial score (nSPS) is 24.2. The van der Waals surface area contributed by atoms with E-state index in [2.05, 4.69) is 5.32 Å². The van der Waals surface area contributed by atoms with Crippen molar-refractivity contribution in [3.05, 3.63) is 34.6 Å². The lowest BCUT2D eigenvalue weighted by molar-refractivity contribution is -0.138. The van der Waals surface area contributed by atoms with Gasteiger partial charge in [0.15, 0.2) is 5.60 Å². The molecule has 104 valence electrons. The van der Waals surface area contributed by atoms with Crippen molar-refractivity contribution in [1.82, 2.24) is 5.32 Å². The van der Waals surface area contributed by atoms with Crippen molar-refractivity contribution in [1.29, 1.82) is 0 Å². The van der Waals surface area contributed by atoms with Crippen LogP contribution in [0.25, 0.3) is 0 Å². The van der Waals surface area contributed by atoms with Gasteiger partial charge in [0.2, 0.25) is 0 Å². The number of rotatable bonds is 3. The second-order valence-corrected chi connectivity index (χ2v) is 6.18. The average molecular weight is 304 g/mol. The smallest absolute Gasteiger partial charge is 0.253 e. The molecule has 0 radical (unpaired) electrons. The minimum absolute atomic E-state index is 0.242. The quantitative estimate of drug-likeness (QED) is 0.902. The van der Waals surface area contributed by atoms with Crippen LogP contribution in [0.4, 0.5) is 4.39 Å². The molecule has 3 nitrogen and oxygen atoms in total. The van der Waals surface area contributed by atoms with Gasteiger partial charge in [0.1, 0.15) is 5.82 Å². The Morgan fingerprint density at radius 2 is 2.37 bits per heavy atom. The molecule has 1 aromatic rings.